The highest BCUT2D eigenvalue weighted by Crippen LogP contribution is 2.62. The summed E-state index contributed by atoms with van der Waals surface area (Å²) in [5.74, 6) is -0.497. The average molecular weight is 264 g/mol. The number of carbonyl (C=O) groups excluding carboxylic acids is 2. The fourth-order valence-electron chi connectivity index (χ4n) is 4.35. The standard InChI is InChI=1S/C15H20O4/c1-8-7-19-13(18)15(8)6-10-4-5-11(16)9(2)14(10,3)12(15)17/h9-11,16H,1,4-7H2,2-3H3/t9-,10-,11+,14-,15+/m1/s1. The predicted molar refractivity (Wildman–Crippen MR) is 68.2 cm³/mol. The van der Waals surface area contributed by atoms with Crippen LogP contribution in [0.4, 0.5) is 0 Å². The number of aliphatic hydroxyl groups excluding tert-OH is 1. The minimum Gasteiger partial charge on any atom is -0.460 e. The Morgan fingerprint density at radius 3 is 2.63 bits per heavy atom. The first-order valence-corrected chi connectivity index (χ1v) is 6.93. The van der Waals surface area contributed by atoms with Crippen LogP contribution in [-0.2, 0) is 14.3 Å². The molecule has 19 heavy (non-hydrogen) atoms. The molecule has 1 spiro atoms. The molecular weight excluding hydrogens is 244 g/mol. The molecule has 2 aliphatic carbocycles. The van der Waals surface area contributed by atoms with Gasteiger partial charge in [0.1, 0.15) is 6.61 Å². The van der Waals surface area contributed by atoms with E-state index in [0.717, 1.165) is 6.42 Å². The van der Waals surface area contributed by atoms with Gasteiger partial charge in [-0.05, 0) is 36.7 Å². The fraction of sp³-hybridized carbons (Fsp3) is 0.733. The van der Waals surface area contributed by atoms with E-state index in [9.17, 15) is 14.7 Å². The van der Waals surface area contributed by atoms with E-state index < -0.39 is 22.9 Å². The third-order valence-corrected chi connectivity index (χ3v) is 5.94. The van der Waals surface area contributed by atoms with Crippen molar-refractivity contribution in [3.63, 3.8) is 0 Å². The first kappa shape index (κ1) is 12.9. The van der Waals surface area contributed by atoms with Gasteiger partial charge in [-0.3, -0.25) is 9.59 Å². The monoisotopic (exact) mass is 264 g/mol. The summed E-state index contributed by atoms with van der Waals surface area (Å²) < 4.78 is 5.06. The van der Waals surface area contributed by atoms with Gasteiger partial charge in [-0.15, -0.1) is 0 Å². The molecule has 3 fully saturated rings. The summed E-state index contributed by atoms with van der Waals surface area (Å²) >= 11 is 0. The second-order valence-corrected chi connectivity index (χ2v) is 6.53. The molecule has 1 N–H and O–H groups in total. The van der Waals surface area contributed by atoms with E-state index in [1.165, 1.54) is 0 Å². The lowest BCUT2D eigenvalue weighted by atomic mass is 9.61. The molecule has 3 aliphatic rings. The van der Waals surface area contributed by atoms with Gasteiger partial charge in [0.05, 0.1) is 6.10 Å². The number of carbonyl (C=O) groups is 2. The summed E-state index contributed by atoms with van der Waals surface area (Å²) in [6.45, 7) is 7.87. The zero-order valence-corrected chi connectivity index (χ0v) is 11.4. The number of esters is 1. The van der Waals surface area contributed by atoms with Gasteiger partial charge in [-0.2, -0.15) is 0 Å². The van der Waals surface area contributed by atoms with Crippen molar-refractivity contribution >= 4 is 11.8 Å². The van der Waals surface area contributed by atoms with E-state index in [-0.39, 0.29) is 24.2 Å². The SMILES string of the molecule is C=C1COC(=O)[C@@]12C[C@H]1CC[C@H](O)[C@@H](C)[C@@]1(C)C2=O. The maximum atomic E-state index is 13.0. The number of aliphatic hydroxyl groups is 1. The highest BCUT2D eigenvalue weighted by Gasteiger charge is 2.69. The van der Waals surface area contributed by atoms with Crippen LogP contribution in [0.15, 0.2) is 12.2 Å². The molecule has 2 saturated carbocycles. The van der Waals surface area contributed by atoms with Crippen LogP contribution >= 0.6 is 0 Å². The van der Waals surface area contributed by atoms with Crippen LogP contribution in [-0.4, -0.2) is 29.6 Å². The van der Waals surface area contributed by atoms with Crippen LogP contribution in [0.2, 0.25) is 0 Å². The molecule has 1 aliphatic heterocycles. The Morgan fingerprint density at radius 1 is 1.37 bits per heavy atom. The molecule has 0 unspecified atom stereocenters. The van der Waals surface area contributed by atoms with Crippen molar-refractivity contribution in [2.75, 3.05) is 6.61 Å². The first-order valence-electron chi connectivity index (χ1n) is 6.93. The molecule has 1 heterocycles. The van der Waals surface area contributed by atoms with Gasteiger partial charge in [-0.1, -0.05) is 20.4 Å². The predicted octanol–water partition coefficient (Wildman–Crippen LogP) is 1.47. The summed E-state index contributed by atoms with van der Waals surface area (Å²) in [6, 6.07) is 0. The van der Waals surface area contributed by atoms with E-state index in [4.69, 9.17) is 4.74 Å². The van der Waals surface area contributed by atoms with Crippen molar-refractivity contribution in [2.24, 2.45) is 22.7 Å². The van der Waals surface area contributed by atoms with E-state index in [2.05, 4.69) is 6.58 Å². The van der Waals surface area contributed by atoms with Gasteiger partial charge >= 0.3 is 5.97 Å². The molecule has 1 saturated heterocycles. The first-order chi connectivity index (χ1) is 8.85. The third kappa shape index (κ3) is 1.28. The van der Waals surface area contributed by atoms with E-state index in [0.29, 0.717) is 18.4 Å². The van der Waals surface area contributed by atoms with Crippen LogP contribution in [0, 0.1) is 22.7 Å². The Bertz CT molecular complexity index is 465. The second-order valence-electron chi connectivity index (χ2n) is 6.53. The van der Waals surface area contributed by atoms with Crippen molar-refractivity contribution in [1.29, 1.82) is 0 Å². The Labute approximate surface area is 112 Å². The average Bonchev–Trinajstić information content (AvgIpc) is 2.79. The molecule has 0 bridgehead atoms. The minimum atomic E-state index is -1.13. The van der Waals surface area contributed by atoms with Crippen LogP contribution in [0.1, 0.15) is 33.1 Å². The Hall–Kier alpha value is -1.16. The van der Waals surface area contributed by atoms with Gasteiger partial charge in [0.25, 0.3) is 0 Å². The normalized spacial score (nSPS) is 49.6. The summed E-state index contributed by atoms with van der Waals surface area (Å²) in [7, 11) is 0. The van der Waals surface area contributed by atoms with Crippen LogP contribution in [0.3, 0.4) is 0 Å². The van der Waals surface area contributed by atoms with Crippen LogP contribution in [0.5, 0.6) is 0 Å². The molecule has 4 nitrogen and oxygen atoms in total. The zero-order valence-electron chi connectivity index (χ0n) is 11.4. The lowest BCUT2D eigenvalue weighted by Gasteiger charge is -2.43. The molecule has 0 amide bonds. The molecule has 104 valence electrons. The number of cyclic esters (lactones) is 1. The summed E-state index contributed by atoms with van der Waals surface area (Å²) in [4.78, 5) is 25.1. The smallest absolute Gasteiger partial charge is 0.324 e. The lowest BCUT2D eigenvalue weighted by molar-refractivity contribution is -0.152. The van der Waals surface area contributed by atoms with Gasteiger partial charge in [-0.25, -0.2) is 0 Å². The van der Waals surface area contributed by atoms with Crippen molar-refractivity contribution in [2.45, 2.75) is 39.2 Å². The third-order valence-electron chi connectivity index (χ3n) is 5.94. The molecule has 0 aromatic heterocycles. The number of ketones is 1. The van der Waals surface area contributed by atoms with Gasteiger partial charge in [0.2, 0.25) is 0 Å². The number of Topliss-reactive ketones (excluding diaryl/α,β-unsaturated/α-hetero) is 1. The molecular formula is C15H20O4. The zero-order chi connectivity index (χ0) is 14.0. The molecule has 5 atom stereocenters. The van der Waals surface area contributed by atoms with Crippen LogP contribution in [0.25, 0.3) is 0 Å². The fourth-order valence-corrected chi connectivity index (χ4v) is 4.35. The highest BCUT2D eigenvalue weighted by molar-refractivity contribution is 6.12. The molecule has 3 rings (SSSR count). The quantitative estimate of drug-likeness (QED) is 0.409. The maximum Gasteiger partial charge on any atom is 0.324 e. The second kappa shape index (κ2) is 3.69. The van der Waals surface area contributed by atoms with Crippen molar-refractivity contribution in [3.8, 4) is 0 Å². The van der Waals surface area contributed by atoms with Crippen molar-refractivity contribution in [3.05, 3.63) is 12.2 Å². The minimum absolute atomic E-state index is 0.0799. The lowest BCUT2D eigenvalue weighted by Crippen LogP contribution is -2.48. The largest absolute Gasteiger partial charge is 0.460 e. The summed E-state index contributed by atoms with van der Waals surface area (Å²) in [5, 5.41) is 10.1. The Morgan fingerprint density at radius 2 is 2.05 bits per heavy atom. The number of hydrogen-bond donors (Lipinski definition) is 1. The van der Waals surface area contributed by atoms with E-state index in [1.54, 1.807) is 0 Å². The van der Waals surface area contributed by atoms with E-state index in [1.807, 2.05) is 13.8 Å². The van der Waals surface area contributed by atoms with Gasteiger partial charge in [0, 0.05) is 5.41 Å². The topological polar surface area (TPSA) is 63.6 Å². The van der Waals surface area contributed by atoms with E-state index >= 15 is 0 Å². The number of rotatable bonds is 0. The molecule has 0 aromatic carbocycles. The molecule has 4 heteroatoms. The Balaban J connectivity index is 2.09. The van der Waals surface area contributed by atoms with Crippen molar-refractivity contribution < 1.29 is 19.4 Å². The van der Waals surface area contributed by atoms with Crippen LogP contribution < -0.4 is 0 Å². The Kier molecular flexibility index (Phi) is 2.50. The van der Waals surface area contributed by atoms with Crippen molar-refractivity contribution in [1.82, 2.24) is 0 Å². The number of ether oxygens (including phenoxy) is 1. The molecule has 0 aromatic rings. The maximum absolute atomic E-state index is 13.0. The van der Waals surface area contributed by atoms with Gasteiger partial charge < -0.3 is 9.84 Å². The van der Waals surface area contributed by atoms with Gasteiger partial charge in [0.15, 0.2) is 11.2 Å². The number of fused-ring (bicyclic) bond motifs is 1. The number of hydrogen-bond acceptors (Lipinski definition) is 4. The summed E-state index contributed by atoms with van der Waals surface area (Å²) in [5.41, 5.74) is -1.17. The summed E-state index contributed by atoms with van der Waals surface area (Å²) in [6.07, 6.45) is 1.53. The highest BCUT2D eigenvalue weighted by atomic mass is 16.5. The molecule has 0 radical (unpaired) electrons.